The molecule has 1 nitrogen and oxygen atoms in total. The first-order valence-corrected chi connectivity index (χ1v) is 2.75. The third-order valence-corrected chi connectivity index (χ3v) is 0.879. The highest BCUT2D eigenvalue weighted by atomic mass is 19.4. The predicted octanol–water partition coefficient (Wildman–Crippen LogP) is 3.16. The third kappa shape index (κ3) is 3.86. The molecule has 0 aliphatic rings. The molecule has 0 radical (unpaired) electrons. The van der Waals surface area contributed by atoms with Gasteiger partial charge in [0.2, 0.25) is 11.5 Å². The molecule has 0 N–H and O–H groups in total. The number of rotatable bonds is 2. The van der Waals surface area contributed by atoms with Crippen LogP contribution in [0.2, 0.25) is 0 Å². The Kier molecular flexibility index (Phi) is 3.02. The van der Waals surface area contributed by atoms with Gasteiger partial charge in [-0.1, -0.05) is 13.2 Å². The summed E-state index contributed by atoms with van der Waals surface area (Å²) in [5.74, 6) is -3.90. The standard InChI is InChI=1S/C6H4F6O/c1-3(5(7,8)9)13-4(2)6(10,11)12/h1-2H2. The summed E-state index contributed by atoms with van der Waals surface area (Å²) in [5, 5.41) is 0. The van der Waals surface area contributed by atoms with E-state index < -0.39 is 23.9 Å². The molecule has 0 atom stereocenters. The molecule has 7 heteroatoms. The number of hydrogen-bond acceptors (Lipinski definition) is 1. The zero-order valence-corrected chi connectivity index (χ0v) is 6.09. The fraction of sp³-hybridized carbons (Fsp3) is 0.333. The zero-order chi connectivity index (χ0) is 10.9. The van der Waals surface area contributed by atoms with Crippen molar-refractivity contribution in [1.29, 1.82) is 0 Å². The van der Waals surface area contributed by atoms with E-state index in [0.29, 0.717) is 0 Å². The van der Waals surface area contributed by atoms with Crippen molar-refractivity contribution in [1.82, 2.24) is 0 Å². The summed E-state index contributed by atoms with van der Waals surface area (Å²) in [5.41, 5.74) is 0. The lowest BCUT2D eigenvalue weighted by Gasteiger charge is -2.14. The second kappa shape index (κ2) is 3.31. The van der Waals surface area contributed by atoms with Crippen molar-refractivity contribution in [3.05, 3.63) is 24.7 Å². The van der Waals surface area contributed by atoms with Crippen molar-refractivity contribution in [2.45, 2.75) is 12.4 Å². The molecule has 0 heterocycles. The van der Waals surface area contributed by atoms with Gasteiger partial charge in [0.05, 0.1) is 0 Å². The van der Waals surface area contributed by atoms with Crippen LogP contribution in [0.1, 0.15) is 0 Å². The van der Waals surface area contributed by atoms with E-state index in [1.54, 1.807) is 0 Å². The first-order valence-electron chi connectivity index (χ1n) is 2.75. The second-order valence-electron chi connectivity index (χ2n) is 1.94. The molecule has 0 spiro atoms. The first kappa shape index (κ1) is 11.9. The van der Waals surface area contributed by atoms with E-state index in [-0.39, 0.29) is 0 Å². The van der Waals surface area contributed by atoms with Crippen LogP contribution in [-0.2, 0) is 4.74 Å². The highest BCUT2D eigenvalue weighted by Gasteiger charge is 2.40. The van der Waals surface area contributed by atoms with Crippen LogP contribution in [0.25, 0.3) is 0 Å². The van der Waals surface area contributed by atoms with Gasteiger partial charge in [0.1, 0.15) is 0 Å². The number of alkyl halides is 6. The molecule has 0 saturated heterocycles. The molecule has 0 aliphatic carbocycles. The normalized spacial score (nSPS) is 12.5. The van der Waals surface area contributed by atoms with Crippen molar-refractivity contribution < 1.29 is 31.1 Å². The summed E-state index contributed by atoms with van der Waals surface area (Å²) < 4.78 is 72.7. The molecule has 76 valence electrons. The Bertz CT molecular complexity index is 198. The Labute approximate surface area is 69.3 Å². The van der Waals surface area contributed by atoms with Crippen LogP contribution in [0.15, 0.2) is 24.7 Å². The van der Waals surface area contributed by atoms with Crippen LogP contribution in [0.3, 0.4) is 0 Å². The lowest BCUT2D eigenvalue weighted by Crippen LogP contribution is -2.19. The van der Waals surface area contributed by atoms with E-state index in [4.69, 9.17) is 0 Å². The summed E-state index contributed by atoms with van der Waals surface area (Å²) in [6.07, 6.45) is -10.0. The second-order valence-corrected chi connectivity index (χ2v) is 1.94. The van der Waals surface area contributed by atoms with E-state index in [0.717, 1.165) is 0 Å². The van der Waals surface area contributed by atoms with Gasteiger partial charge in [0.15, 0.2) is 0 Å². The van der Waals surface area contributed by atoms with Crippen LogP contribution in [0.5, 0.6) is 0 Å². The van der Waals surface area contributed by atoms with Gasteiger partial charge in [-0.05, 0) is 0 Å². The van der Waals surface area contributed by atoms with E-state index in [1.807, 2.05) is 0 Å². The Morgan fingerprint density at radius 3 is 1.15 bits per heavy atom. The van der Waals surface area contributed by atoms with Crippen molar-refractivity contribution in [2.24, 2.45) is 0 Å². The van der Waals surface area contributed by atoms with E-state index in [1.165, 1.54) is 0 Å². The molecule has 13 heavy (non-hydrogen) atoms. The van der Waals surface area contributed by atoms with Gasteiger partial charge in [-0.3, -0.25) is 0 Å². The molecule has 0 fully saturated rings. The van der Waals surface area contributed by atoms with Crippen LogP contribution >= 0.6 is 0 Å². The van der Waals surface area contributed by atoms with Gasteiger partial charge in [-0.15, -0.1) is 0 Å². The minimum atomic E-state index is -5.02. The Morgan fingerprint density at radius 1 is 0.769 bits per heavy atom. The Balaban J connectivity index is 4.34. The van der Waals surface area contributed by atoms with E-state index in [9.17, 15) is 26.3 Å². The predicted molar refractivity (Wildman–Crippen MR) is 31.5 cm³/mol. The average Bonchev–Trinajstić information content (AvgIpc) is 1.82. The topological polar surface area (TPSA) is 9.23 Å². The number of ether oxygens (including phenoxy) is 1. The maximum atomic E-state index is 11.6. The third-order valence-electron chi connectivity index (χ3n) is 0.879. The molecule has 0 aromatic heterocycles. The van der Waals surface area contributed by atoms with Crippen molar-refractivity contribution in [3.8, 4) is 0 Å². The average molecular weight is 206 g/mol. The fourth-order valence-corrected chi connectivity index (χ4v) is 0.264. The fourth-order valence-electron chi connectivity index (χ4n) is 0.264. The number of hydrogen-bond donors (Lipinski definition) is 0. The smallest absolute Gasteiger partial charge is 0.448 e. The monoisotopic (exact) mass is 206 g/mol. The molecule has 0 rings (SSSR count). The van der Waals surface area contributed by atoms with E-state index in [2.05, 4.69) is 17.9 Å². The Morgan fingerprint density at radius 2 is 1.00 bits per heavy atom. The summed E-state index contributed by atoms with van der Waals surface area (Å²) in [7, 11) is 0. The number of allylic oxidation sites excluding steroid dienone is 2. The molecule has 0 aromatic carbocycles. The molecular formula is C6H4F6O. The zero-order valence-electron chi connectivity index (χ0n) is 6.09. The highest BCUT2D eigenvalue weighted by Crippen LogP contribution is 2.32. The first-order chi connectivity index (χ1) is 5.55. The van der Waals surface area contributed by atoms with Crippen LogP contribution in [0.4, 0.5) is 26.3 Å². The van der Waals surface area contributed by atoms with Crippen molar-refractivity contribution in [3.63, 3.8) is 0 Å². The van der Waals surface area contributed by atoms with Gasteiger partial charge >= 0.3 is 12.4 Å². The van der Waals surface area contributed by atoms with Gasteiger partial charge in [0, 0.05) is 0 Å². The van der Waals surface area contributed by atoms with Crippen LogP contribution < -0.4 is 0 Å². The quantitative estimate of drug-likeness (QED) is 0.498. The molecule has 0 saturated carbocycles. The van der Waals surface area contributed by atoms with Gasteiger partial charge in [-0.2, -0.15) is 26.3 Å². The largest absolute Gasteiger partial charge is 0.448 e. The summed E-state index contributed by atoms with van der Waals surface area (Å²) in [6.45, 7) is 4.54. The van der Waals surface area contributed by atoms with Gasteiger partial charge < -0.3 is 4.74 Å². The maximum Gasteiger partial charge on any atom is 0.448 e. The Hall–Kier alpha value is -1.14. The molecule has 0 aromatic rings. The SMILES string of the molecule is C=C(OC(=C)C(F)(F)F)C(F)(F)F. The highest BCUT2D eigenvalue weighted by molar-refractivity contribution is 5.02. The minimum Gasteiger partial charge on any atom is -0.448 e. The molecular weight excluding hydrogens is 202 g/mol. The lowest BCUT2D eigenvalue weighted by molar-refractivity contribution is -0.156. The van der Waals surface area contributed by atoms with Crippen molar-refractivity contribution >= 4 is 0 Å². The van der Waals surface area contributed by atoms with Crippen LogP contribution in [-0.4, -0.2) is 12.4 Å². The summed E-state index contributed by atoms with van der Waals surface area (Å²) in [6, 6.07) is 0. The number of halogens is 6. The van der Waals surface area contributed by atoms with Crippen LogP contribution in [0, 0.1) is 0 Å². The minimum absolute atomic E-state index is 1.95. The summed E-state index contributed by atoms with van der Waals surface area (Å²) >= 11 is 0. The molecule has 0 aliphatic heterocycles. The molecule has 0 amide bonds. The van der Waals surface area contributed by atoms with E-state index >= 15 is 0 Å². The van der Waals surface area contributed by atoms with Crippen molar-refractivity contribution in [2.75, 3.05) is 0 Å². The molecule has 0 unspecified atom stereocenters. The van der Waals surface area contributed by atoms with Gasteiger partial charge in [-0.25, -0.2) is 0 Å². The van der Waals surface area contributed by atoms with Gasteiger partial charge in [0.25, 0.3) is 0 Å². The maximum absolute atomic E-state index is 11.6. The molecule has 0 bridgehead atoms. The summed E-state index contributed by atoms with van der Waals surface area (Å²) in [4.78, 5) is 0. The lowest BCUT2D eigenvalue weighted by atomic mass is 10.5.